The van der Waals surface area contributed by atoms with Crippen LogP contribution in [0.2, 0.25) is 0 Å². The molecule has 0 aromatic heterocycles. The van der Waals surface area contributed by atoms with E-state index in [1.807, 2.05) is 30.3 Å². The minimum Gasteiger partial charge on any atom is -0.507 e. The highest BCUT2D eigenvalue weighted by molar-refractivity contribution is 9.10. The zero-order valence-corrected chi connectivity index (χ0v) is 17.9. The summed E-state index contributed by atoms with van der Waals surface area (Å²) in [6, 6.07) is 11.0. The van der Waals surface area contributed by atoms with E-state index >= 15 is 0 Å². The highest BCUT2D eigenvalue weighted by Crippen LogP contribution is 2.31. The third-order valence-corrected chi connectivity index (χ3v) is 5.74. The first-order valence-corrected chi connectivity index (χ1v) is 10.5. The number of carboxylic acid groups (broad SMARTS) is 1. The largest absolute Gasteiger partial charge is 0.507 e. The van der Waals surface area contributed by atoms with Gasteiger partial charge in [0, 0.05) is 36.8 Å². The molecule has 0 saturated heterocycles. The van der Waals surface area contributed by atoms with E-state index in [9.17, 15) is 15.0 Å². The number of rotatable bonds is 6. The molecule has 0 radical (unpaired) electrons. The molecule has 7 heteroatoms. The average Bonchev–Trinajstić information content (AvgIpc) is 2.74. The first-order chi connectivity index (χ1) is 14.5. The SMILES string of the molecule is O=C(O)C1=CCCN(CC2=Cc3ccc(OCc4ccc(O)c(Br)c4)cc3OC2)C1. The van der Waals surface area contributed by atoms with Crippen molar-refractivity contribution in [3.05, 3.63) is 69.2 Å². The lowest BCUT2D eigenvalue weighted by atomic mass is 10.0. The Morgan fingerprint density at radius 1 is 1.23 bits per heavy atom. The number of hydrogen-bond donors (Lipinski definition) is 2. The number of carbonyl (C=O) groups is 1. The second-order valence-electron chi connectivity index (χ2n) is 7.40. The minimum absolute atomic E-state index is 0.197. The zero-order valence-electron chi connectivity index (χ0n) is 16.3. The van der Waals surface area contributed by atoms with Crippen LogP contribution in [0, 0.1) is 0 Å². The number of benzene rings is 2. The van der Waals surface area contributed by atoms with E-state index in [0.717, 1.165) is 35.4 Å². The highest BCUT2D eigenvalue weighted by atomic mass is 79.9. The van der Waals surface area contributed by atoms with Crippen LogP contribution >= 0.6 is 15.9 Å². The fourth-order valence-electron chi connectivity index (χ4n) is 3.56. The van der Waals surface area contributed by atoms with Gasteiger partial charge < -0.3 is 19.7 Å². The van der Waals surface area contributed by atoms with E-state index in [-0.39, 0.29) is 5.75 Å². The summed E-state index contributed by atoms with van der Waals surface area (Å²) in [5, 5.41) is 18.8. The number of aromatic hydroxyl groups is 1. The van der Waals surface area contributed by atoms with Gasteiger partial charge in [0.25, 0.3) is 0 Å². The first-order valence-electron chi connectivity index (χ1n) is 9.69. The molecule has 4 rings (SSSR count). The highest BCUT2D eigenvalue weighted by Gasteiger charge is 2.20. The van der Waals surface area contributed by atoms with Crippen LogP contribution in [0.1, 0.15) is 17.5 Å². The Morgan fingerprint density at radius 3 is 2.90 bits per heavy atom. The molecule has 0 bridgehead atoms. The van der Waals surface area contributed by atoms with Gasteiger partial charge in [-0.05, 0) is 63.8 Å². The molecule has 0 amide bonds. The van der Waals surface area contributed by atoms with Crippen molar-refractivity contribution in [3.8, 4) is 17.2 Å². The van der Waals surface area contributed by atoms with Crippen molar-refractivity contribution < 1.29 is 24.5 Å². The predicted molar refractivity (Wildman–Crippen MR) is 117 cm³/mol. The molecule has 6 nitrogen and oxygen atoms in total. The molecule has 0 fully saturated rings. The van der Waals surface area contributed by atoms with E-state index in [0.29, 0.717) is 42.1 Å². The third kappa shape index (κ3) is 4.86. The second-order valence-corrected chi connectivity index (χ2v) is 8.25. The standard InChI is InChI=1S/C23H22BrNO5/c24-20-9-15(3-6-21(20)26)13-29-19-5-4-17-8-16(14-30-22(17)10-19)11-25-7-1-2-18(12-25)23(27)28/h2-6,8-10,26H,1,7,11-14H2,(H,27,28). The van der Waals surface area contributed by atoms with Crippen molar-refractivity contribution in [2.45, 2.75) is 13.0 Å². The number of hydrogen-bond acceptors (Lipinski definition) is 5. The fourth-order valence-corrected chi connectivity index (χ4v) is 3.99. The van der Waals surface area contributed by atoms with Crippen molar-refractivity contribution in [2.24, 2.45) is 0 Å². The Hall–Kier alpha value is -2.77. The molecule has 2 aliphatic heterocycles. The molecule has 2 aliphatic rings. The molecule has 2 aromatic carbocycles. The summed E-state index contributed by atoms with van der Waals surface area (Å²) in [6.07, 6.45) is 4.67. The van der Waals surface area contributed by atoms with Gasteiger partial charge in [-0.3, -0.25) is 4.90 Å². The number of phenols is 1. The van der Waals surface area contributed by atoms with E-state index in [1.165, 1.54) is 0 Å². The van der Waals surface area contributed by atoms with Gasteiger partial charge in [-0.2, -0.15) is 0 Å². The Morgan fingerprint density at radius 2 is 2.10 bits per heavy atom. The minimum atomic E-state index is -0.842. The topological polar surface area (TPSA) is 79.2 Å². The predicted octanol–water partition coefficient (Wildman–Crippen LogP) is 4.23. The molecular weight excluding hydrogens is 450 g/mol. The van der Waals surface area contributed by atoms with Crippen LogP contribution in [0.25, 0.3) is 6.08 Å². The Labute approximate surface area is 183 Å². The van der Waals surface area contributed by atoms with E-state index < -0.39 is 5.97 Å². The molecule has 2 aromatic rings. The van der Waals surface area contributed by atoms with Crippen LogP contribution in [-0.4, -0.2) is 47.3 Å². The summed E-state index contributed by atoms with van der Waals surface area (Å²) in [7, 11) is 0. The molecule has 0 spiro atoms. The maximum Gasteiger partial charge on any atom is 0.332 e. The Balaban J connectivity index is 1.39. The Kier molecular flexibility index (Phi) is 6.11. The summed E-state index contributed by atoms with van der Waals surface area (Å²) in [4.78, 5) is 13.3. The lowest BCUT2D eigenvalue weighted by molar-refractivity contribution is -0.133. The van der Waals surface area contributed by atoms with Gasteiger partial charge in [0.15, 0.2) is 0 Å². The maximum atomic E-state index is 11.2. The summed E-state index contributed by atoms with van der Waals surface area (Å²) in [5.74, 6) is 0.837. The molecule has 2 N–H and O–H groups in total. The summed E-state index contributed by atoms with van der Waals surface area (Å²) in [6.45, 7) is 2.86. The summed E-state index contributed by atoms with van der Waals surface area (Å²) >= 11 is 3.31. The molecule has 0 unspecified atom stereocenters. The van der Waals surface area contributed by atoms with Gasteiger partial charge in [0.2, 0.25) is 0 Å². The van der Waals surface area contributed by atoms with E-state index in [4.69, 9.17) is 9.47 Å². The molecule has 0 saturated carbocycles. The molecule has 156 valence electrons. The number of phenolic OH excluding ortho intramolecular Hbond substituents is 1. The van der Waals surface area contributed by atoms with Crippen molar-refractivity contribution in [2.75, 3.05) is 26.2 Å². The van der Waals surface area contributed by atoms with Crippen molar-refractivity contribution >= 4 is 28.0 Å². The molecular formula is C23H22BrNO5. The lowest BCUT2D eigenvalue weighted by Gasteiger charge is -2.28. The van der Waals surface area contributed by atoms with Crippen molar-refractivity contribution in [1.29, 1.82) is 0 Å². The van der Waals surface area contributed by atoms with Gasteiger partial charge in [-0.1, -0.05) is 12.1 Å². The van der Waals surface area contributed by atoms with Crippen LogP contribution in [0.3, 0.4) is 0 Å². The fraction of sp³-hybridized carbons (Fsp3) is 0.261. The van der Waals surface area contributed by atoms with Crippen molar-refractivity contribution in [1.82, 2.24) is 4.90 Å². The molecule has 0 aliphatic carbocycles. The van der Waals surface area contributed by atoms with Crippen LogP contribution in [-0.2, 0) is 11.4 Å². The zero-order chi connectivity index (χ0) is 21.1. The van der Waals surface area contributed by atoms with Gasteiger partial charge in [-0.25, -0.2) is 4.79 Å². The quantitative estimate of drug-likeness (QED) is 0.656. The van der Waals surface area contributed by atoms with Gasteiger partial charge >= 0.3 is 5.97 Å². The van der Waals surface area contributed by atoms with Gasteiger partial charge in [0.1, 0.15) is 30.5 Å². The van der Waals surface area contributed by atoms with Crippen LogP contribution in [0.5, 0.6) is 17.2 Å². The van der Waals surface area contributed by atoms with Crippen LogP contribution in [0.4, 0.5) is 0 Å². The molecule has 30 heavy (non-hydrogen) atoms. The third-order valence-electron chi connectivity index (χ3n) is 5.11. The van der Waals surface area contributed by atoms with Crippen molar-refractivity contribution in [3.63, 3.8) is 0 Å². The average molecular weight is 472 g/mol. The van der Waals surface area contributed by atoms with Crippen LogP contribution < -0.4 is 9.47 Å². The monoisotopic (exact) mass is 471 g/mol. The summed E-state index contributed by atoms with van der Waals surface area (Å²) < 4.78 is 12.4. The second kappa shape index (κ2) is 8.93. The Bertz CT molecular complexity index is 1030. The number of nitrogens with zero attached hydrogens (tertiary/aromatic N) is 1. The number of aliphatic carboxylic acids is 1. The maximum absolute atomic E-state index is 11.2. The van der Waals surface area contributed by atoms with E-state index in [1.54, 1.807) is 12.1 Å². The van der Waals surface area contributed by atoms with Crippen LogP contribution in [0.15, 0.2) is 58.1 Å². The number of carboxylic acids is 1. The first kappa shape index (κ1) is 20.5. The molecule has 0 atom stereocenters. The normalized spacial score (nSPS) is 16.2. The number of fused-ring (bicyclic) bond motifs is 1. The van der Waals surface area contributed by atoms with E-state index in [2.05, 4.69) is 26.9 Å². The number of halogens is 1. The number of ether oxygens (including phenoxy) is 2. The van der Waals surface area contributed by atoms with Gasteiger partial charge in [-0.15, -0.1) is 0 Å². The summed E-state index contributed by atoms with van der Waals surface area (Å²) in [5.41, 5.74) is 3.51. The van der Waals surface area contributed by atoms with Gasteiger partial charge in [0.05, 0.1) is 4.47 Å². The smallest absolute Gasteiger partial charge is 0.332 e. The molecule has 2 heterocycles. The lowest BCUT2D eigenvalue weighted by Crippen LogP contribution is -2.34.